The van der Waals surface area contributed by atoms with Gasteiger partial charge in [-0.25, -0.2) is 0 Å². The summed E-state index contributed by atoms with van der Waals surface area (Å²) in [6.07, 6.45) is 29.0. The zero-order chi connectivity index (χ0) is 39.7. The Morgan fingerprint density at radius 1 is 0.286 bits per heavy atom. The van der Waals surface area contributed by atoms with E-state index in [2.05, 4.69) is 73.5 Å². The van der Waals surface area contributed by atoms with Gasteiger partial charge < -0.3 is 18.9 Å². The van der Waals surface area contributed by atoms with Gasteiger partial charge in [0.15, 0.2) is 23.0 Å². The molecule has 304 valence electrons. The predicted octanol–water partition coefficient (Wildman–Crippen LogP) is 11.6. The molecule has 0 radical (unpaired) electrons. The fourth-order valence-electron chi connectivity index (χ4n) is 6.64. The summed E-state index contributed by atoms with van der Waals surface area (Å²) in [4.78, 5) is 0. The van der Waals surface area contributed by atoms with Crippen LogP contribution in [0, 0.1) is 0 Å². The van der Waals surface area contributed by atoms with E-state index in [4.69, 9.17) is 18.9 Å². The smallest absolute Gasteiger partial charge is 0.162 e. The Hall–Kier alpha value is -4.12. The fourth-order valence-corrected chi connectivity index (χ4v) is 6.64. The highest BCUT2D eigenvalue weighted by molar-refractivity contribution is 5.47. The van der Waals surface area contributed by atoms with Gasteiger partial charge in [0.2, 0.25) is 0 Å². The van der Waals surface area contributed by atoms with Gasteiger partial charge in [0.25, 0.3) is 0 Å². The van der Waals surface area contributed by atoms with E-state index < -0.39 is 0 Å². The van der Waals surface area contributed by atoms with E-state index in [0.717, 1.165) is 69.6 Å². The maximum atomic E-state index is 6.35. The SMILES string of the molecule is CCCCCCCCOc1cc2c(cc1OCCCCCCCC)=C=C=C=C=c1cc(OCCCCCCCC)c(OCCCCCCCC)cc1=C=C=C=C=2. The molecule has 1 aliphatic carbocycles. The molecular formula is C52H72O4. The van der Waals surface area contributed by atoms with Gasteiger partial charge in [-0.05, 0) is 48.6 Å². The standard InChI is InChI=1S/C52H72O4/c1-5-9-13-17-21-29-37-53-49-41-45-33-25-26-35-47-43-51(55-39-31-23-19-15-11-7-3)52(56-40-32-24-20-16-12-8-4)44-48(47)36-28-27-34-46(45)42-50(49)54-38-30-22-18-14-10-6-2/h41-44H,5-24,29-32,37-40H2,1-4H3. The van der Waals surface area contributed by atoms with E-state index in [-0.39, 0.29) is 0 Å². The van der Waals surface area contributed by atoms with Gasteiger partial charge in [-0.1, -0.05) is 179 Å². The number of hydrogen-bond acceptors (Lipinski definition) is 4. The summed E-state index contributed by atoms with van der Waals surface area (Å²) in [6.45, 7) is 11.6. The number of ether oxygens (including phenoxy) is 4. The van der Waals surface area contributed by atoms with Crippen LogP contribution in [-0.2, 0) is 0 Å². The van der Waals surface area contributed by atoms with Crippen LogP contribution in [0.25, 0.3) is 22.9 Å². The lowest BCUT2D eigenvalue weighted by Crippen LogP contribution is -2.23. The molecule has 56 heavy (non-hydrogen) atoms. The van der Waals surface area contributed by atoms with E-state index in [1.165, 1.54) is 128 Å². The number of benzene rings is 2. The highest BCUT2D eigenvalue weighted by Crippen LogP contribution is 2.26. The normalized spacial score (nSPS) is 11.1. The first-order valence-corrected chi connectivity index (χ1v) is 22.6. The van der Waals surface area contributed by atoms with Crippen LogP contribution in [0.5, 0.6) is 23.0 Å². The van der Waals surface area contributed by atoms with Crippen molar-refractivity contribution in [3.63, 3.8) is 0 Å². The Morgan fingerprint density at radius 3 is 0.696 bits per heavy atom. The molecule has 3 rings (SSSR count). The van der Waals surface area contributed by atoms with Crippen molar-refractivity contribution >= 4 is 22.9 Å². The first-order chi connectivity index (χ1) is 27.7. The zero-order valence-corrected chi connectivity index (χ0v) is 35.7. The second-order valence-corrected chi connectivity index (χ2v) is 15.2. The predicted molar refractivity (Wildman–Crippen MR) is 235 cm³/mol. The summed E-state index contributed by atoms with van der Waals surface area (Å²) in [5.41, 5.74) is 25.5. The van der Waals surface area contributed by atoms with Crippen LogP contribution in [0.3, 0.4) is 0 Å². The van der Waals surface area contributed by atoms with Gasteiger partial charge in [-0.3, -0.25) is 0 Å². The first-order valence-electron chi connectivity index (χ1n) is 22.6. The van der Waals surface area contributed by atoms with E-state index in [9.17, 15) is 0 Å². The Bertz CT molecular complexity index is 1630. The lowest BCUT2D eigenvalue weighted by Gasteiger charge is -2.13. The van der Waals surface area contributed by atoms with Gasteiger partial charge in [-0.15, -0.1) is 0 Å². The van der Waals surface area contributed by atoms with E-state index in [1.807, 2.05) is 24.3 Å². The Balaban J connectivity index is 1.99. The Kier molecular flexibility index (Phi) is 25.6. The zero-order valence-electron chi connectivity index (χ0n) is 35.7. The van der Waals surface area contributed by atoms with Crippen molar-refractivity contribution in [2.45, 2.75) is 182 Å². The van der Waals surface area contributed by atoms with Gasteiger partial charge in [-0.2, -0.15) is 0 Å². The third kappa shape index (κ3) is 19.6. The van der Waals surface area contributed by atoms with Crippen molar-refractivity contribution in [1.29, 1.82) is 0 Å². The number of hydrogen-bond donors (Lipinski definition) is 0. The fraction of sp³-hybridized carbons (Fsp3) is 0.615. The molecule has 0 bridgehead atoms. The number of fused-ring (bicyclic) bond motifs is 2. The molecule has 0 heterocycles. The van der Waals surface area contributed by atoms with Gasteiger partial charge in [0.1, 0.15) is 0 Å². The molecule has 0 spiro atoms. The second-order valence-electron chi connectivity index (χ2n) is 15.2. The van der Waals surface area contributed by atoms with Crippen molar-refractivity contribution in [2.75, 3.05) is 26.4 Å². The van der Waals surface area contributed by atoms with Crippen LogP contribution >= 0.6 is 0 Å². The summed E-state index contributed by atoms with van der Waals surface area (Å²) < 4.78 is 25.4. The van der Waals surface area contributed by atoms with Gasteiger partial charge >= 0.3 is 0 Å². The summed E-state index contributed by atoms with van der Waals surface area (Å²) in [5, 5.41) is 3.06. The molecule has 0 saturated heterocycles. The average molecular weight is 761 g/mol. The highest BCUT2D eigenvalue weighted by Gasteiger charge is 2.09. The van der Waals surface area contributed by atoms with Crippen LogP contribution in [0.2, 0.25) is 0 Å². The molecule has 0 saturated carbocycles. The molecule has 0 amide bonds. The maximum Gasteiger partial charge on any atom is 0.162 e. The largest absolute Gasteiger partial charge is 0.490 e. The van der Waals surface area contributed by atoms with E-state index >= 15 is 0 Å². The van der Waals surface area contributed by atoms with Gasteiger partial charge in [0.05, 0.1) is 26.4 Å². The van der Waals surface area contributed by atoms with E-state index in [0.29, 0.717) is 26.4 Å². The molecule has 0 aromatic heterocycles. The molecule has 0 unspecified atom stereocenters. The van der Waals surface area contributed by atoms with E-state index in [1.54, 1.807) is 0 Å². The quantitative estimate of drug-likeness (QED) is 0.0469. The van der Waals surface area contributed by atoms with Crippen LogP contribution in [-0.4, -0.2) is 26.4 Å². The molecule has 4 nitrogen and oxygen atoms in total. The van der Waals surface area contributed by atoms with Crippen molar-refractivity contribution < 1.29 is 18.9 Å². The topological polar surface area (TPSA) is 36.9 Å². The average Bonchev–Trinajstić information content (AvgIpc) is 3.20. The molecule has 2 aromatic carbocycles. The Morgan fingerprint density at radius 2 is 0.482 bits per heavy atom. The monoisotopic (exact) mass is 761 g/mol. The molecule has 4 heteroatoms. The summed E-state index contributed by atoms with van der Waals surface area (Å²) >= 11 is 0. The second kappa shape index (κ2) is 31.0. The molecule has 1 aliphatic rings. The van der Waals surface area contributed by atoms with Crippen LogP contribution < -0.4 is 39.8 Å². The van der Waals surface area contributed by atoms with Gasteiger partial charge in [0, 0.05) is 45.1 Å². The molecular weight excluding hydrogens is 689 g/mol. The minimum atomic E-state index is 0.646. The van der Waals surface area contributed by atoms with Crippen LogP contribution in [0.1, 0.15) is 182 Å². The highest BCUT2D eigenvalue weighted by atomic mass is 16.5. The molecule has 0 fully saturated rings. The minimum absolute atomic E-state index is 0.646. The maximum absolute atomic E-state index is 6.35. The molecule has 0 aliphatic heterocycles. The minimum Gasteiger partial charge on any atom is -0.490 e. The number of unbranched alkanes of at least 4 members (excludes halogenated alkanes) is 20. The lowest BCUT2D eigenvalue weighted by molar-refractivity contribution is 0.258. The van der Waals surface area contributed by atoms with Crippen LogP contribution in [0.4, 0.5) is 0 Å². The summed E-state index contributed by atoms with van der Waals surface area (Å²) in [5.74, 6) is 2.88. The van der Waals surface area contributed by atoms with Crippen molar-refractivity contribution in [3.8, 4) is 23.0 Å². The van der Waals surface area contributed by atoms with Crippen molar-refractivity contribution in [2.24, 2.45) is 0 Å². The van der Waals surface area contributed by atoms with Crippen molar-refractivity contribution in [1.82, 2.24) is 0 Å². The van der Waals surface area contributed by atoms with Crippen LogP contribution in [0.15, 0.2) is 47.2 Å². The molecule has 0 N–H and O–H groups in total. The molecule has 2 aromatic rings. The van der Waals surface area contributed by atoms with Crippen molar-refractivity contribution in [3.05, 3.63) is 68.1 Å². The number of rotatable bonds is 32. The molecule has 0 atom stereocenters. The first kappa shape index (κ1) is 46.3. The third-order valence-electron chi connectivity index (χ3n) is 10.1. The third-order valence-corrected chi connectivity index (χ3v) is 10.1. The Labute approximate surface area is 340 Å². The summed E-state index contributed by atoms with van der Waals surface area (Å²) in [7, 11) is 0. The summed E-state index contributed by atoms with van der Waals surface area (Å²) in [6, 6.07) is 7.89. The lowest BCUT2D eigenvalue weighted by atomic mass is 10.1.